The van der Waals surface area contributed by atoms with Crippen LogP contribution in [0.15, 0.2) is 53.7 Å². The number of hydrogen-bond acceptors (Lipinski definition) is 4. The Morgan fingerprint density at radius 3 is 2.45 bits per heavy atom. The van der Waals surface area contributed by atoms with E-state index in [2.05, 4.69) is 19.2 Å². The van der Waals surface area contributed by atoms with Gasteiger partial charge in [-0.25, -0.2) is 4.68 Å². The normalized spacial score (nSPS) is 19.6. The maximum Gasteiger partial charge on any atom is 0.226 e. The average molecular weight is 474 g/mol. The first kappa shape index (κ1) is 20.6. The highest BCUT2D eigenvalue weighted by atomic mass is 35.5. The number of fused-ring (bicyclic) bond motifs is 1. The number of nitrogens with one attached hydrogen (secondary N) is 1. The Hall–Kier alpha value is -2.34. The molecule has 0 saturated heterocycles. The van der Waals surface area contributed by atoms with Crippen LogP contribution in [0, 0.1) is 5.41 Å². The number of ketones is 1. The molecule has 1 aliphatic carbocycles. The van der Waals surface area contributed by atoms with Crippen molar-refractivity contribution in [2.24, 2.45) is 5.41 Å². The quantitative estimate of drug-likeness (QED) is 0.457. The highest BCUT2D eigenvalue weighted by Gasteiger charge is 2.42. The van der Waals surface area contributed by atoms with Gasteiger partial charge >= 0.3 is 0 Å². The van der Waals surface area contributed by atoms with Crippen molar-refractivity contribution < 1.29 is 4.79 Å². The van der Waals surface area contributed by atoms with Gasteiger partial charge in [0, 0.05) is 33.3 Å². The van der Waals surface area contributed by atoms with Crippen molar-refractivity contribution in [3.63, 3.8) is 0 Å². The summed E-state index contributed by atoms with van der Waals surface area (Å²) in [6, 6.07) is 12.3. The number of nitrogens with zero attached hydrogens (tertiary/aromatic N) is 3. The lowest BCUT2D eigenvalue weighted by molar-refractivity contribution is -0.118. The van der Waals surface area contributed by atoms with E-state index in [9.17, 15) is 4.79 Å². The summed E-state index contributed by atoms with van der Waals surface area (Å²) in [5.41, 5.74) is 3.10. The topological polar surface area (TPSA) is 59.8 Å². The zero-order valence-electron chi connectivity index (χ0n) is 16.9. The van der Waals surface area contributed by atoms with Crippen LogP contribution in [0.1, 0.15) is 38.3 Å². The molecule has 1 aromatic heterocycles. The van der Waals surface area contributed by atoms with Crippen LogP contribution in [0.4, 0.5) is 5.95 Å². The van der Waals surface area contributed by atoms with Gasteiger partial charge in [0.1, 0.15) is 6.04 Å². The van der Waals surface area contributed by atoms with Crippen molar-refractivity contribution in [2.45, 2.75) is 32.7 Å². The van der Waals surface area contributed by atoms with E-state index in [4.69, 9.17) is 44.9 Å². The molecule has 2 heterocycles. The second-order valence-electron chi connectivity index (χ2n) is 8.74. The number of hydrogen-bond donors (Lipinski definition) is 1. The summed E-state index contributed by atoms with van der Waals surface area (Å²) in [5, 5.41) is 9.76. The van der Waals surface area contributed by atoms with E-state index in [1.807, 2.05) is 24.3 Å². The third kappa shape index (κ3) is 3.65. The summed E-state index contributed by atoms with van der Waals surface area (Å²) >= 11 is 18.6. The average Bonchev–Trinajstić information content (AvgIpc) is 3.09. The van der Waals surface area contributed by atoms with E-state index in [1.165, 1.54) is 0 Å². The third-order valence-corrected chi connectivity index (χ3v) is 6.49. The molecule has 5 nitrogen and oxygen atoms in total. The number of carbonyl (C=O) groups is 1. The lowest BCUT2D eigenvalue weighted by Crippen LogP contribution is -2.36. The zero-order valence-corrected chi connectivity index (χ0v) is 19.2. The van der Waals surface area contributed by atoms with Gasteiger partial charge in [0.05, 0.1) is 5.02 Å². The molecule has 1 atom stereocenters. The Morgan fingerprint density at radius 1 is 1.03 bits per heavy atom. The Bertz CT molecular complexity index is 1240. The molecule has 31 heavy (non-hydrogen) atoms. The minimum atomic E-state index is -0.389. The molecule has 0 saturated carbocycles. The first-order chi connectivity index (χ1) is 14.7. The van der Waals surface area contributed by atoms with Gasteiger partial charge in [-0.3, -0.25) is 4.79 Å². The van der Waals surface area contributed by atoms with Crippen LogP contribution in [0.5, 0.6) is 0 Å². The number of benzene rings is 2. The first-order valence-electron chi connectivity index (χ1n) is 9.92. The molecule has 1 unspecified atom stereocenters. The van der Waals surface area contributed by atoms with Crippen molar-refractivity contribution in [1.29, 1.82) is 0 Å². The van der Waals surface area contributed by atoms with E-state index in [-0.39, 0.29) is 17.2 Å². The molecule has 2 aromatic carbocycles. The fraction of sp³-hybridized carbons (Fsp3) is 0.261. The fourth-order valence-corrected chi connectivity index (χ4v) is 4.97. The molecule has 0 fully saturated rings. The number of carbonyl (C=O) groups excluding carboxylic acids is 1. The smallest absolute Gasteiger partial charge is 0.226 e. The predicted octanol–water partition coefficient (Wildman–Crippen LogP) is 6.56. The van der Waals surface area contributed by atoms with Gasteiger partial charge in [-0.2, -0.15) is 4.98 Å². The molecule has 158 valence electrons. The largest absolute Gasteiger partial charge is 0.328 e. The van der Waals surface area contributed by atoms with E-state index >= 15 is 0 Å². The number of aromatic nitrogens is 3. The van der Waals surface area contributed by atoms with Crippen molar-refractivity contribution in [3.05, 3.63) is 74.4 Å². The Balaban J connectivity index is 1.68. The van der Waals surface area contributed by atoms with Gasteiger partial charge < -0.3 is 5.32 Å². The van der Waals surface area contributed by atoms with E-state index in [0.717, 1.165) is 23.3 Å². The maximum atomic E-state index is 13.3. The van der Waals surface area contributed by atoms with Crippen LogP contribution in [-0.4, -0.2) is 20.5 Å². The standard InChI is InChI=1S/C23H19Cl3N4O/c1-23(2)10-17-19(18(31)11-23)20(12-3-5-13(24)6-4-12)30-22(27-17)28-21(29-30)15-8-7-14(25)9-16(15)26/h3-9,20H,10-11H2,1-2H3,(H,27,28,29). The number of Topliss-reactive ketones (excluding diaryl/α,β-unsaturated/α-hetero) is 1. The highest BCUT2D eigenvalue weighted by molar-refractivity contribution is 6.36. The summed E-state index contributed by atoms with van der Waals surface area (Å²) < 4.78 is 1.76. The molecule has 2 aliphatic rings. The number of halogens is 3. The van der Waals surface area contributed by atoms with Crippen LogP contribution >= 0.6 is 34.8 Å². The second-order valence-corrected chi connectivity index (χ2v) is 10.0. The Labute approximate surface area is 195 Å². The van der Waals surface area contributed by atoms with Crippen LogP contribution in [0.3, 0.4) is 0 Å². The third-order valence-electron chi connectivity index (χ3n) is 5.69. The van der Waals surface area contributed by atoms with E-state index in [0.29, 0.717) is 38.8 Å². The molecule has 0 radical (unpaired) electrons. The van der Waals surface area contributed by atoms with Crippen LogP contribution in [-0.2, 0) is 4.79 Å². The van der Waals surface area contributed by atoms with E-state index in [1.54, 1.807) is 22.9 Å². The molecule has 5 rings (SSSR count). The Kier molecular flexibility index (Phi) is 4.88. The van der Waals surface area contributed by atoms with Crippen molar-refractivity contribution >= 4 is 46.5 Å². The minimum absolute atomic E-state index is 0.117. The summed E-state index contributed by atoms with van der Waals surface area (Å²) in [5.74, 6) is 1.16. The van der Waals surface area contributed by atoms with E-state index < -0.39 is 0 Å². The monoisotopic (exact) mass is 472 g/mol. The lowest BCUT2D eigenvalue weighted by Gasteiger charge is -2.38. The molecular formula is C23H19Cl3N4O. The lowest BCUT2D eigenvalue weighted by atomic mass is 9.73. The van der Waals surface area contributed by atoms with Crippen LogP contribution in [0.25, 0.3) is 11.4 Å². The highest BCUT2D eigenvalue weighted by Crippen LogP contribution is 2.46. The van der Waals surface area contributed by atoms with Gasteiger partial charge in [0.15, 0.2) is 11.6 Å². The zero-order chi connectivity index (χ0) is 21.9. The summed E-state index contributed by atoms with van der Waals surface area (Å²) in [6.07, 6.45) is 1.24. The summed E-state index contributed by atoms with van der Waals surface area (Å²) in [7, 11) is 0. The summed E-state index contributed by atoms with van der Waals surface area (Å²) in [4.78, 5) is 18.0. The molecule has 0 spiro atoms. The van der Waals surface area contributed by atoms with Crippen molar-refractivity contribution in [1.82, 2.24) is 14.8 Å². The molecule has 1 aliphatic heterocycles. The molecule has 0 amide bonds. The SMILES string of the molecule is CC1(C)CC(=O)C2=C(C1)Nc1nc(-c3ccc(Cl)cc3Cl)nn1C2c1ccc(Cl)cc1. The van der Waals surface area contributed by atoms with Gasteiger partial charge in [-0.15, -0.1) is 5.10 Å². The van der Waals surface area contributed by atoms with Gasteiger partial charge in [-0.05, 0) is 47.7 Å². The van der Waals surface area contributed by atoms with Crippen LogP contribution < -0.4 is 5.32 Å². The van der Waals surface area contributed by atoms with Crippen molar-refractivity contribution in [3.8, 4) is 11.4 Å². The van der Waals surface area contributed by atoms with Crippen LogP contribution in [0.2, 0.25) is 15.1 Å². The fourth-order valence-electron chi connectivity index (χ4n) is 4.35. The molecule has 8 heteroatoms. The molecule has 0 bridgehead atoms. The van der Waals surface area contributed by atoms with Gasteiger partial charge in [0.2, 0.25) is 5.95 Å². The molecule has 3 aromatic rings. The van der Waals surface area contributed by atoms with Gasteiger partial charge in [-0.1, -0.05) is 60.8 Å². The Morgan fingerprint density at radius 2 is 1.74 bits per heavy atom. The minimum Gasteiger partial charge on any atom is -0.328 e. The van der Waals surface area contributed by atoms with Crippen molar-refractivity contribution in [2.75, 3.05) is 5.32 Å². The van der Waals surface area contributed by atoms with Gasteiger partial charge in [0.25, 0.3) is 0 Å². The first-order valence-corrected chi connectivity index (χ1v) is 11.1. The molecular weight excluding hydrogens is 455 g/mol. The number of rotatable bonds is 2. The molecule has 1 N–H and O–H groups in total. The summed E-state index contributed by atoms with van der Waals surface area (Å²) in [6.45, 7) is 4.21. The predicted molar refractivity (Wildman–Crippen MR) is 124 cm³/mol. The second kappa shape index (κ2) is 7.37. The number of allylic oxidation sites excluding steroid dienone is 2. The maximum absolute atomic E-state index is 13.3. The number of anilines is 1.